The Kier molecular flexibility index (Phi) is 8.49. The van der Waals surface area contributed by atoms with Gasteiger partial charge in [0.25, 0.3) is 0 Å². The normalized spacial score (nSPS) is 19.9. The molecule has 1 aromatic heterocycles. The third kappa shape index (κ3) is 6.53. The summed E-state index contributed by atoms with van der Waals surface area (Å²) in [7, 11) is -4.07. The third-order valence-corrected chi connectivity index (χ3v) is 7.92. The first kappa shape index (κ1) is 25.6. The van der Waals surface area contributed by atoms with E-state index in [4.69, 9.17) is 28.9 Å². The highest BCUT2D eigenvalue weighted by Gasteiger charge is 2.34. The van der Waals surface area contributed by atoms with Crippen LogP contribution < -0.4 is 15.8 Å². The van der Waals surface area contributed by atoms with Crippen molar-refractivity contribution in [2.75, 3.05) is 24.1 Å². The molecule has 2 aromatic rings. The molecule has 3 atom stereocenters. The minimum Gasteiger partial charge on any atom is -0.396 e. The lowest BCUT2D eigenvalue weighted by Crippen LogP contribution is -2.53. The number of carbonyl (C=O) groups is 1. The number of halogens is 2. The van der Waals surface area contributed by atoms with Gasteiger partial charge in [0.1, 0.15) is 6.04 Å². The van der Waals surface area contributed by atoms with Gasteiger partial charge in [-0.05, 0) is 50.7 Å². The molecular formula is C21H30Cl2N6O3S. The summed E-state index contributed by atoms with van der Waals surface area (Å²) in [5.74, 6) is 0.905. The molecule has 1 aromatic carbocycles. The minimum absolute atomic E-state index is 0.0343. The number of nitrogens with two attached hydrogens (primary N) is 1. The van der Waals surface area contributed by atoms with E-state index in [0.29, 0.717) is 37.8 Å². The van der Waals surface area contributed by atoms with Crippen molar-refractivity contribution in [3.05, 3.63) is 34.6 Å². The molecule has 1 aliphatic heterocycles. The highest BCUT2D eigenvalue weighted by molar-refractivity contribution is 7.89. The predicted octanol–water partition coefficient (Wildman–Crippen LogP) is 3.48. The van der Waals surface area contributed by atoms with Crippen molar-refractivity contribution in [3.8, 4) is 0 Å². The number of likely N-dealkylation sites (tertiary alicyclic amines) is 1. The average Bonchev–Trinajstić information content (AvgIpc) is 3.27. The third-order valence-electron chi connectivity index (χ3n) is 5.84. The molecule has 1 saturated heterocycles. The van der Waals surface area contributed by atoms with Gasteiger partial charge in [0.2, 0.25) is 15.9 Å². The van der Waals surface area contributed by atoms with Gasteiger partial charge >= 0.3 is 0 Å². The summed E-state index contributed by atoms with van der Waals surface area (Å²) in [6, 6.07) is 1.57. The Bertz CT molecular complexity index is 1040. The number of hydrogen-bond donors (Lipinski definition) is 4. The van der Waals surface area contributed by atoms with Gasteiger partial charge in [0, 0.05) is 31.5 Å². The lowest BCUT2D eigenvalue weighted by Gasteiger charge is -2.38. The van der Waals surface area contributed by atoms with E-state index in [0.717, 1.165) is 12.8 Å². The van der Waals surface area contributed by atoms with Crippen LogP contribution in [0.15, 0.2) is 29.4 Å². The van der Waals surface area contributed by atoms with Crippen molar-refractivity contribution in [1.82, 2.24) is 19.6 Å². The van der Waals surface area contributed by atoms with E-state index in [-0.39, 0.29) is 32.6 Å². The number of aromatic amines is 1. The van der Waals surface area contributed by atoms with Gasteiger partial charge in [0.05, 0.1) is 20.6 Å². The molecule has 12 heteroatoms. The van der Waals surface area contributed by atoms with Crippen LogP contribution in [-0.2, 0) is 14.8 Å². The van der Waals surface area contributed by atoms with Crippen LogP contribution in [0.5, 0.6) is 0 Å². The summed E-state index contributed by atoms with van der Waals surface area (Å²) in [5.41, 5.74) is 5.84. The van der Waals surface area contributed by atoms with Crippen molar-refractivity contribution >= 4 is 50.8 Å². The van der Waals surface area contributed by atoms with Crippen LogP contribution in [0.25, 0.3) is 0 Å². The molecule has 0 spiro atoms. The number of sulfonamides is 1. The number of nitrogens with zero attached hydrogens (tertiary/aromatic N) is 2. The van der Waals surface area contributed by atoms with Crippen molar-refractivity contribution in [2.45, 2.75) is 56.5 Å². The molecule has 0 unspecified atom stereocenters. The molecule has 0 aliphatic carbocycles. The molecule has 5 N–H and O–H groups in total. The number of benzene rings is 1. The quantitative estimate of drug-likeness (QED) is 0.297. The van der Waals surface area contributed by atoms with E-state index in [1.807, 2.05) is 6.92 Å². The standard InChI is InChI=1S/C21H30Cl2N6O3S/c1-13-5-9-29(14(2)10-13)20(30)18(4-3-6-25-21-26-7-8-27-21)28-33(31,32)15-11-16(22)19(24)17(23)12-15/h7-8,11-14,18,28H,3-6,9-10,24H2,1-2H3,(H2,25,26,27)/t13-,14-,18+/m1/s1. The number of amides is 1. The number of nitrogen functional groups attached to an aromatic ring is 1. The fourth-order valence-corrected chi connectivity index (χ4v) is 5.91. The second-order valence-electron chi connectivity index (χ2n) is 8.49. The molecule has 2 heterocycles. The van der Waals surface area contributed by atoms with E-state index in [1.54, 1.807) is 17.3 Å². The Morgan fingerprint density at radius 2 is 2.03 bits per heavy atom. The second-order valence-corrected chi connectivity index (χ2v) is 11.0. The summed E-state index contributed by atoms with van der Waals surface area (Å²) < 4.78 is 28.8. The molecule has 1 aliphatic rings. The number of rotatable bonds is 9. The van der Waals surface area contributed by atoms with Crippen LogP contribution in [0.3, 0.4) is 0 Å². The lowest BCUT2D eigenvalue weighted by molar-refractivity contribution is -0.137. The van der Waals surface area contributed by atoms with Crippen molar-refractivity contribution in [2.24, 2.45) is 5.92 Å². The summed E-state index contributed by atoms with van der Waals surface area (Å²) >= 11 is 12.1. The first-order valence-electron chi connectivity index (χ1n) is 10.9. The number of nitrogens with one attached hydrogen (secondary N) is 3. The van der Waals surface area contributed by atoms with E-state index < -0.39 is 16.1 Å². The summed E-state index contributed by atoms with van der Waals surface area (Å²) in [6.07, 6.45) is 5.95. The topological polar surface area (TPSA) is 133 Å². The Labute approximate surface area is 204 Å². The Morgan fingerprint density at radius 1 is 1.33 bits per heavy atom. The van der Waals surface area contributed by atoms with Crippen molar-refractivity contribution in [1.29, 1.82) is 0 Å². The number of anilines is 2. The molecule has 0 bridgehead atoms. The number of hydrogen-bond acceptors (Lipinski definition) is 6. The maximum absolute atomic E-state index is 13.4. The smallest absolute Gasteiger partial charge is 0.241 e. The van der Waals surface area contributed by atoms with Crippen LogP contribution in [0.2, 0.25) is 10.0 Å². The van der Waals surface area contributed by atoms with Crippen LogP contribution >= 0.6 is 23.2 Å². The molecule has 1 fully saturated rings. The van der Waals surface area contributed by atoms with E-state index >= 15 is 0 Å². The first-order chi connectivity index (χ1) is 15.6. The Hall–Kier alpha value is -2.01. The second kappa shape index (κ2) is 10.9. The summed E-state index contributed by atoms with van der Waals surface area (Å²) in [4.78, 5) is 22.1. The zero-order valence-corrected chi connectivity index (χ0v) is 21.0. The summed E-state index contributed by atoms with van der Waals surface area (Å²) in [5, 5.41) is 3.18. The van der Waals surface area contributed by atoms with Gasteiger partial charge in [-0.2, -0.15) is 4.72 Å². The van der Waals surface area contributed by atoms with Crippen LogP contribution in [0.4, 0.5) is 11.6 Å². The number of carbonyl (C=O) groups excluding carboxylic acids is 1. The molecule has 9 nitrogen and oxygen atoms in total. The van der Waals surface area contributed by atoms with Gasteiger partial charge in [-0.15, -0.1) is 0 Å². The molecule has 182 valence electrons. The van der Waals surface area contributed by atoms with E-state index in [2.05, 4.69) is 26.9 Å². The maximum atomic E-state index is 13.4. The van der Waals surface area contributed by atoms with E-state index in [9.17, 15) is 13.2 Å². The minimum atomic E-state index is -4.07. The van der Waals surface area contributed by atoms with Crippen LogP contribution in [-0.4, -0.2) is 54.4 Å². The van der Waals surface area contributed by atoms with Gasteiger partial charge < -0.3 is 20.9 Å². The highest BCUT2D eigenvalue weighted by Crippen LogP contribution is 2.31. The fourth-order valence-electron chi connectivity index (χ4n) is 4.01. The monoisotopic (exact) mass is 516 g/mol. The van der Waals surface area contributed by atoms with Crippen molar-refractivity contribution < 1.29 is 13.2 Å². The SMILES string of the molecule is C[C@@H]1CCN(C(=O)[C@H](CCCNc2ncc[nH]2)NS(=O)(=O)c2cc(Cl)c(N)c(Cl)c2)[C@H](C)C1. The van der Waals surface area contributed by atoms with Gasteiger partial charge in [-0.1, -0.05) is 30.1 Å². The van der Waals surface area contributed by atoms with Gasteiger partial charge in [-0.25, -0.2) is 13.4 Å². The highest BCUT2D eigenvalue weighted by atomic mass is 35.5. The maximum Gasteiger partial charge on any atom is 0.241 e. The molecular weight excluding hydrogens is 487 g/mol. The zero-order chi connectivity index (χ0) is 24.2. The largest absolute Gasteiger partial charge is 0.396 e. The molecule has 1 amide bonds. The number of aromatic nitrogens is 2. The molecule has 33 heavy (non-hydrogen) atoms. The predicted molar refractivity (Wildman–Crippen MR) is 131 cm³/mol. The van der Waals surface area contributed by atoms with Crippen LogP contribution in [0.1, 0.15) is 39.5 Å². The molecule has 3 rings (SSSR count). The van der Waals surface area contributed by atoms with Crippen molar-refractivity contribution in [3.63, 3.8) is 0 Å². The van der Waals surface area contributed by atoms with Gasteiger partial charge in [-0.3, -0.25) is 4.79 Å². The molecule has 0 radical (unpaired) electrons. The Morgan fingerprint density at radius 3 is 2.64 bits per heavy atom. The fraction of sp³-hybridized carbons (Fsp3) is 0.524. The Balaban J connectivity index is 1.77. The lowest BCUT2D eigenvalue weighted by atomic mass is 9.92. The van der Waals surface area contributed by atoms with Gasteiger partial charge in [0.15, 0.2) is 5.95 Å². The number of piperidine rings is 1. The first-order valence-corrected chi connectivity index (χ1v) is 13.1. The number of imidazole rings is 1. The summed E-state index contributed by atoms with van der Waals surface area (Å²) in [6.45, 7) is 5.28. The average molecular weight is 517 g/mol. The van der Waals surface area contributed by atoms with Crippen LogP contribution in [0, 0.1) is 5.92 Å². The number of H-pyrrole nitrogens is 1. The zero-order valence-electron chi connectivity index (χ0n) is 18.6. The molecule has 0 saturated carbocycles. The van der Waals surface area contributed by atoms with E-state index in [1.165, 1.54) is 12.1 Å².